The number of rotatable bonds is 50. The van der Waals surface area contributed by atoms with Crippen LogP contribution in [0.4, 0.5) is 0 Å². The molecule has 0 spiro atoms. The number of esters is 9. The van der Waals surface area contributed by atoms with Crippen LogP contribution < -0.4 is 0 Å². The van der Waals surface area contributed by atoms with Crippen molar-refractivity contribution in [1.82, 2.24) is 0 Å². The third kappa shape index (κ3) is 71.1. The molecule has 0 heterocycles. The number of hydrogen-bond acceptors (Lipinski definition) is 23. The van der Waals surface area contributed by atoms with Gasteiger partial charge in [0.2, 0.25) is 0 Å². The van der Waals surface area contributed by atoms with Crippen LogP contribution in [-0.2, 0) is 105 Å². The maximum Gasteiger partial charge on any atom is 0.339 e. The Morgan fingerprint density at radius 1 is 0.310 bits per heavy atom. The molecule has 0 saturated heterocycles. The van der Waals surface area contributed by atoms with Gasteiger partial charge in [-0.3, -0.25) is 38.4 Å². The highest BCUT2D eigenvalue weighted by Crippen LogP contribution is 2.07. The maximum atomic E-state index is 11.5. The van der Waals surface area contributed by atoms with E-state index in [1.54, 1.807) is 18.2 Å². The van der Waals surface area contributed by atoms with Crippen LogP contribution in [0.1, 0.15) is 204 Å². The summed E-state index contributed by atoms with van der Waals surface area (Å²) in [6, 6.07) is 0. The Morgan fingerprint density at radius 2 is 0.563 bits per heavy atom. The van der Waals surface area contributed by atoms with Gasteiger partial charge in [0.25, 0.3) is 0 Å². The van der Waals surface area contributed by atoms with Crippen LogP contribution in [-0.4, -0.2) is 176 Å². The molecule has 0 aromatic heterocycles. The predicted molar refractivity (Wildman–Crippen MR) is 329 cm³/mol. The molecule has 0 aliphatic carbocycles. The summed E-state index contributed by atoms with van der Waals surface area (Å²) in [6.45, 7) is 33.3. The molecule has 23 heteroatoms. The van der Waals surface area contributed by atoms with E-state index in [1.807, 2.05) is 69.2 Å². The molecule has 4 atom stereocenters. The number of ether oxygens (including phenoxy) is 13. The number of carbonyl (C=O) groups excluding carboxylic acids is 9. The lowest BCUT2D eigenvalue weighted by molar-refractivity contribution is -0.163. The molecule has 508 valence electrons. The van der Waals surface area contributed by atoms with Crippen LogP contribution in [0.5, 0.6) is 0 Å². The van der Waals surface area contributed by atoms with Gasteiger partial charge in [-0.05, 0) is 83.5 Å². The number of aliphatic hydroxyl groups is 1. The van der Waals surface area contributed by atoms with Crippen molar-refractivity contribution in [2.45, 2.75) is 228 Å². The zero-order valence-electron chi connectivity index (χ0n) is 54.8. The normalized spacial score (nSPS) is 11.5. The van der Waals surface area contributed by atoms with Crippen molar-refractivity contribution in [3.8, 4) is 0 Å². The molecule has 0 aromatic carbocycles. The van der Waals surface area contributed by atoms with Gasteiger partial charge in [-0.15, -0.1) is 19.7 Å². The Labute approximate surface area is 520 Å². The molecule has 87 heavy (non-hydrogen) atoms. The maximum absolute atomic E-state index is 11.5. The van der Waals surface area contributed by atoms with Crippen molar-refractivity contribution in [2.24, 2.45) is 0 Å². The Balaban J connectivity index is -0.000000326. The first-order valence-corrected chi connectivity index (χ1v) is 31.2. The fourth-order valence-corrected chi connectivity index (χ4v) is 5.87. The molecule has 0 aromatic rings. The highest BCUT2D eigenvalue weighted by atomic mass is 16.6. The molecular weight excluding hydrogens is 1140 g/mol. The fraction of sp³-hybridized carbons (Fsp3) is 0.766. The van der Waals surface area contributed by atoms with Crippen LogP contribution in [0.3, 0.4) is 0 Å². The van der Waals surface area contributed by atoms with E-state index in [-0.39, 0.29) is 108 Å². The molecule has 0 radical (unpaired) electrons. The van der Waals surface area contributed by atoms with Gasteiger partial charge in [-0.2, -0.15) is 0 Å². The molecule has 0 aliphatic heterocycles. The molecular formula is C64H114O23. The Morgan fingerprint density at radius 3 is 0.839 bits per heavy atom. The van der Waals surface area contributed by atoms with Gasteiger partial charge >= 0.3 is 53.7 Å². The van der Waals surface area contributed by atoms with Crippen LogP contribution in [0.25, 0.3) is 0 Å². The first-order chi connectivity index (χ1) is 41.8. The highest BCUT2D eigenvalue weighted by molar-refractivity contribution is 5.86. The largest absolute Gasteiger partial charge is 0.462 e. The third-order valence-corrected chi connectivity index (χ3v) is 10.1. The van der Waals surface area contributed by atoms with Crippen LogP contribution in [0.15, 0.2) is 38.0 Å². The van der Waals surface area contributed by atoms with Crippen molar-refractivity contribution in [2.75, 3.05) is 92.5 Å². The average molecular weight is 1250 g/mol. The van der Waals surface area contributed by atoms with Crippen LogP contribution >= 0.6 is 0 Å². The molecule has 0 aliphatic rings. The van der Waals surface area contributed by atoms with E-state index in [0.717, 1.165) is 77.0 Å². The zero-order valence-corrected chi connectivity index (χ0v) is 54.8. The summed E-state index contributed by atoms with van der Waals surface area (Å²) in [7, 11) is 0. The topological polar surface area (TPSA) is 294 Å². The van der Waals surface area contributed by atoms with Crippen molar-refractivity contribution in [3.05, 3.63) is 38.0 Å². The Kier molecular flexibility index (Phi) is 73.7. The standard InChI is InChI=1S/3C15H26O5.C10H20O4.C9H16O4/c3*1-4-7-10-18-11-13(20-15(17)9-6-3)12-19-14(16)8-5-2;1-3-5-10(12)14-9(7-11)8-13-6-4-2;1-3-5-8(10)13-9(11)7-12-6-4-2/h3*4,13H,1,5-12H2,2-3H3;9,11H,3-8H2,1-2H3;3-7H2,1-2H3. The summed E-state index contributed by atoms with van der Waals surface area (Å²) < 4.78 is 66.5. The second-order valence-electron chi connectivity index (χ2n) is 19.1. The summed E-state index contributed by atoms with van der Waals surface area (Å²) >= 11 is 0. The Hall–Kier alpha value is -5.59. The van der Waals surface area contributed by atoms with Crippen LogP contribution in [0.2, 0.25) is 0 Å². The van der Waals surface area contributed by atoms with Gasteiger partial charge < -0.3 is 66.7 Å². The summed E-state index contributed by atoms with van der Waals surface area (Å²) in [6.07, 6.45) is 15.7. The van der Waals surface area contributed by atoms with E-state index in [4.69, 9.17) is 61.9 Å². The summed E-state index contributed by atoms with van der Waals surface area (Å²) in [5.74, 6) is -3.09. The lowest BCUT2D eigenvalue weighted by Gasteiger charge is -2.18. The van der Waals surface area contributed by atoms with Gasteiger partial charge in [-0.25, -0.2) is 4.79 Å². The summed E-state index contributed by atoms with van der Waals surface area (Å²) in [4.78, 5) is 101. The smallest absolute Gasteiger partial charge is 0.339 e. The van der Waals surface area contributed by atoms with Gasteiger partial charge in [-0.1, -0.05) is 87.5 Å². The van der Waals surface area contributed by atoms with Crippen LogP contribution in [0, 0.1) is 0 Å². The number of hydrogen-bond donors (Lipinski definition) is 1. The SMILES string of the molecule is C=CCCOCC(COC(=O)CCC)OC(=O)CCC.C=CCCOCC(COC(=O)CCC)OC(=O)CCC.C=CCCOCC(COC(=O)CCC)OC(=O)CCC.CCCOCC(=O)OC(=O)CCC.CCCOCC(CO)OC(=O)CCC. The number of carbonyl (C=O) groups is 9. The molecule has 0 fully saturated rings. The van der Waals surface area contributed by atoms with Crippen molar-refractivity contribution >= 4 is 53.7 Å². The fourth-order valence-electron chi connectivity index (χ4n) is 5.87. The minimum absolute atomic E-state index is 0.0440. The highest BCUT2D eigenvalue weighted by Gasteiger charge is 2.20. The second kappa shape index (κ2) is 71.2. The Bertz CT molecular complexity index is 1600. The lowest BCUT2D eigenvalue weighted by atomic mass is 10.3. The minimum Gasteiger partial charge on any atom is -0.462 e. The van der Waals surface area contributed by atoms with Gasteiger partial charge in [0, 0.05) is 64.6 Å². The molecule has 1 N–H and O–H groups in total. The molecule has 0 bridgehead atoms. The van der Waals surface area contributed by atoms with E-state index < -0.39 is 36.4 Å². The van der Waals surface area contributed by atoms with E-state index in [2.05, 4.69) is 24.5 Å². The summed E-state index contributed by atoms with van der Waals surface area (Å²) in [5.41, 5.74) is 0. The van der Waals surface area contributed by atoms with Gasteiger partial charge in [0.1, 0.15) is 32.5 Å². The summed E-state index contributed by atoms with van der Waals surface area (Å²) in [5, 5.41) is 8.89. The van der Waals surface area contributed by atoms with E-state index >= 15 is 0 Å². The molecule has 0 amide bonds. The van der Waals surface area contributed by atoms with Crippen molar-refractivity contribution in [3.63, 3.8) is 0 Å². The van der Waals surface area contributed by atoms with Gasteiger partial charge in [0.15, 0.2) is 18.3 Å². The van der Waals surface area contributed by atoms with E-state index in [9.17, 15) is 43.2 Å². The molecule has 0 saturated carbocycles. The second-order valence-corrected chi connectivity index (χ2v) is 19.1. The lowest BCUT2D eigenvalue weighted by Crippen LogP contribution is -2.29. The van der Waals surface area contributed by atoms with E-state index in [1.165, 1.54) is 0 Å². The predicted octanol–water partition coefficient (Wildman–Crippen LogP) is 10.3. The monoisotopic (exact) mass is 1250 g/mol. The van der Waals surface area contributed by atoms with Crippen molar-refractivity contribution in [1.29, 1.82) is 0 Å². The first kappa shape index (κ1) is 90.2. The van der Waals surface area contributed by atoms with Crippen molar-refractivity contribution < 1.29 is 110 Å². The zero-order chi connectivity index (χ0) is 66.6. The minimum atomic E-state index is -0.605. The molecule has 0 rings (SSSR count). The van der Waals surface area contributed by atoms with Gasteiger partial charge in [0.05, 0.1) is 52.9 Å². The first-order valence-electron chi connectivity index (χ1n) is 31.2. The van der Waals surface area contributed by atoms with E-state index in [0.29, 0.717) is 84.4 Å². The quantitative estimate of drug-likeness (QED) is 0.0195. The molecule has 23 nitrogen and oxygen atoms in total. The third-order valence-electron chi connectivity index (χ3n) is 10.1. The average Bonchev–Trinajstić information content (AvgIpc) is 3.56. The number of aliphatic hydroxyl groups excluding tert-OH is 1. The molecule has 4 unspecified atom stereocenters.